The number of likely N-dealkylation sites (tertiary alicyclic amines) is 1. The number of rotatable bonds is 8. The maximum Gasteiger partial charge on any atom is 0.109 e. The molecule has 0 amide bonds. The SMILES string of the molecule is N#Cc1cnc2c(Cl)cc(N[C@@H](c3ccccc3)c3cn([C@H]4CCN(C5COC5)C[C@H]4O)nn3)cc2c1Nc1cccc(Cl)c1. The molecule has 228 valence electrons. The fraction of sp³-hybridized carbons (Fsp3) is 0.273. The van der Waals surface area contributed by atoms with Crippen molar-refractivity contribution in [3.8, 4) is 6.07 Å². The van der Waals surface area contributed by atoms with Crippen LogP contribution in [0.25, 0.3) is 10.9 Å². The van der Waals surface area contributed by atoms with Crippen LogP contribution in [0.1, 0.15) is 35.3 Å². The van der Waals surface area contributed by atoms with Crippen LogP contribution >= 0.6 is 23.2 Å². The number of hydrogen-bond donors (Lipinski definition) is 3. The number of anilines is 3. The fourth-order valence-corrected chi connectivity index (χ4v) is 6.47. The van der Waals surface area contributed by atoms with E-state index in [2.05, 4.69) is 36.9 Å². The molecule has 0 bridgehead atoms. The number of piperidine rings is 1. The highest BCUT2D eigenvalue weighted by atomic mass is 35.5. The summed E-state index contributed by atoms with van der Waals surface area (Å²) in [7, 11) is 0. The Hall–Kier alpha value is -4.24. The summed E-state index contributed by atoms with van der Waals surface area (Å²) in [6.45, 7) is 2.89. The van der Waals surface area contributed by atoms with Gasteiger partial charge in [0.05, 0.1) is 65.4 Å². The number of fused-ring (bicyclic) bond motifs is 1. The number of pyridine rings is 1. The van der Waals surface area contributed by atoms with Crippen LogP contribution in [0.5, 0.6) is 0 Å². The van der Waals surface area contributed by atoms with E-state index in [0.717, 1.165) is 37.4 Å². The van der Waals surface area contributed by atoms with Crippen molar-refractivity contribution in [1.29, 1.82) is 5.26 Å². The Balaban J connectivity index is 1.22. The van der Waals surface area contributed by atoms with Crippen LogP contribution in [0.3, 0.4) is 0 Å². The minimum Gasteiger partial charge on any atom is -0.390 e. The molecule has 0 aliphatic carbocycles. The molecule has 7 rings (SSSR count). The highest BCUT2D eigenvalue weighted by Crippen LogP contribution is 2.37. The van der Waals surface area contributed by atoms with Crippen LogP contribution < -0.4 is 10.6 Å². The Morgan fingerprint density at radius 1 is 1.04 bits per heavy atom. The third-order valence-corrected chi connectivity index (χ3v) is 8.98. The van der Waals surface area contributed by atoms with Crippen LogP contribution in [0, 0.1) is 11.3 Å². The second-order valence-corrected chi connectivity index (χ2v) is 12.2. The lowest BCUT2D eigenvalue weighted by atomic mass is 9.99. The van der Waals surface area contributed by atoms with Crippen LogP contribution in [0.4, 0.5) is 17.1 Å². The predicted molar refractivity (Wildman–Crippen MR) is 174 cm³/mol. The van der Waals surface area contributed by atoms with Gasteiger partial charge >= 0.3 is 0 Å². The minimum absolute atomic E-state index is 0.175. The fourth-order valence-electron chi connectivity index (χ4n) is 6.02. The summed E-state index contributed by atoms with van der Waals surface area (Å²) in [5.41, 5.74) is 4.61. The predicted octanol–water partition coefficient (Wildman–Crippen LogP) is 5.96. The van der Waals surface area contributed by atoms with Crippen LogP contribution in [0.2, 0.25) is 10.0 Å². The quantitative estimate of drug-likeness (QED) is 0.188. The van der Waals surface area contributed by atoms with Crippen molar-refractivity contribution in [2.45, 2.75) is 30.7 Å². The third-order valence-electron chi connectivity index (χ3n) is 8.46. The van der Waals surface area contributed by atoms with E-state index in [1.165, 1.54) is 6.20 Å². The van der Waals surface area contributed by atoms with Crippen molar-refractivity contribution in [1.82, 2.24) is 24.9 Å². The number of nitrogens with zero attached hydrogens (tertiary/aromatic N) is 6. The zero-order chi connectivity index (χ0) is 30.9. The molecule has 0 unspecified atom stereocenters. The van der Waals surface area contributed by atoms with Gasteiger partial charge in [0, 0.05) is 41.1 Å². The molecule has 0 radical (unpaired) electrons. The summed E-state index contributed by atoms with van der Waals surface area (Å²) < 4.78 is 7.13. The Morgan fingerprint density at radius 2 is 1.89 bits per heavy atom. The second kappa shape index (κ2) is 12.6. The summed E-state index contributed by atoms with van der Waals surface area (Å²) in [6, 6.07) is 23.0. The number of aliphatic hydroxyl groups excluding tert-OH is 1. The first kappa shape index (κ1) is 29.5. The second-order valence-electron chi connectivity index (χ2n) is 11.4. The van der Waals surface area contributed by atoms with E-state index in [9.17, 15) is 10.4 Å². The van der Waals surface area contributed by atoms with E-state index in [0.29, 0.717) is 56.2 Å². The van der Waals surface area contributed by atoms with E-state index < -0.39 is 6.10 Å². The summed E-state index contributed by atoms with van der Waals surface area (Å²) >= 11 is 13.0. The lowest BCUT2D eigenvalue weighted by Crippen LogP contribution is -2.55. The molecule has 2 aliphatic heterocycles. The molecule has 45 heavy (non-hydrogen) atoms. The van der Waals surface area contributed by atoms with Crippen molar-refractivity contribution < 1.29 is 9.84 Å². The minimum atomic E-state index is -0.566. The molecule has 2 aliphatic rings. The van der Waals surface area contributed by atoms with Gasteiger partial charge in [-0.05, 0) is 42.3 Å². The van der Waals surface area contributed by atoms with Crippen molar-refractivity contribution in [3.63, 3.8) is 0 Å². The summed E-state index contributed by atoms with van der Waals surface area (Å²) in [5.74, 6) is 0. The first-order valence-corrected chi connectivity index (χ1v) is 15.5. The van der Waals surface area contributed by atoms with Gasteiger partial charge in [-0.15, -0.1) is 5.10 Å². The highest BCUT2D eigenvalue weighted by Gasteiger charge is 2.36. The molecule has 2 saturated heterocycles. The number of ether oxygens (including phenoxy) is 1. The monoisotopic (exact) mass is 640 g/mol. The lowest BCUT2D eigenvalue weighted by Gasteiger charge is -2.43. The number of nitrogens with one attached hydrogen (secondary N) is 2. The molecule has 0 spiro atoms. The number of benzene rings is 3. The van der Waals surface area contributed by atoms with Crippen molar-refractivity contribution in [2.24, 2.45) is 0 Å². The van der Waals surface area contributed by atoms with Crippen LogP contribution in [0.15, 0.2) is 79.1 Å². The van der Waals surface area contributed by atoms with Gasteiger partial charge in [0.15, 0.2) is 0 Å². The van der Waals surface area contributed by atoms with Gasteiger partial charge < -0.3 is 20.5 Å². The molecule has 4 heterocycles. The number of aromatic nitrogens is 4. The number of β-amino-alcohol motifs (C(OH)–C–C–N with tert-alkyl or cyclic N) is 1. The van der Waals surface area contributed by atoms with Crippen molar-refractivity contribution in [2.75, 3.05) is 36.9 Å². The standard InChI is InChI=1S/C33H30Cl2N8O2/c34-22-7-4-8-23(11-22)38-31-21(14-36)15-37-33-26(31)12-24(13-27(33)35)39-32(20-5-2-1-3-6-20)28-16-43(41-40-28)29-9-10-42(17-30(29)44)25-18-45-19-25/h1-8,11-13,15-16,25,29-30,32,39,44H,9-10,17-19H2,(H,37,38)/t29-,30+,32-/m0/s1. The topological polar surface area (TPSA) is 124 Å². The van der Waals surface area contributed by atoms with Crippen molar-refractivity contribution >= 4 is 51.2 Å². The van der Waals surface area contributed by atoms with E-state index >= 15 is 0 Å². The molecular weight excluding hydrogens is 611 g/mol. The Bertz CT molecular complexity index is 1870. The van der Waals surface area contributed by atoms with E-state index in [-0.39, 0.29) is 12.1 Å². The summed E-state index contributed by atoms with van der Waals surface area (Å²) in [6.07, 6.45) is 3.62. The Kier molecular flexibility index (Phi) is 8.27. The summed E-state index contributed by atoms with van der Waals surface area (Å²) in [4.78, 5) is 6.78. The zero-order valence-corrected chi connectivity index (χ0v) is 25.7. The van der Waals surface area contributed by atoms with Gasteiger partial charge in [0.2, 0.25) is 0 Å². The number of nitriles is 1. The van der Waals surface area contributed by atoms with Gasteiger partial charge in [-0.25, -0.2) is 4.68 Å². The van der Waals surface area contributed by atoms with Crippen LogP contribution in [-0.4, -0.2) is 68.4 Å². The summed E-state index contributed by atoms with van der Waals surface area (Å²) in [5, 5.41) is 38.6. The van der Waals surface area contributed by atoms with E-state index in [1.54, 1.807) is 16.8 Å². The first-order valence-electron chi connectivity index (χ1n) is 14.7. The average molecular weight is 642 g/mol. The smallest absolute Gasteiger partial charge is 0.109 e. The van der Waals surface area contributed by atoms with E-state index in [4.69, 9.17) is 27.9 Å². The molecule has 3 atom stereocenters. The van der Waals surface area contributed by atoms with Gasteiger partial charge in [-0.2, -0.15) is 5.26 Å². The average Bonchev–Trinajstić information content (AvgIpc) is 3.49. The molecule has 3 N–H and O–H groups in total. The molecule has 2 aromatic heterocycles. The largest absolute Gasteiger partial charge is 0.390 e. The maximum atomic E-state index is 11.0. The molecule has 3 aromatic carbocycles. The van der Waals surface area contributed by atoms with Gasteiger partial charge in [-0.1, -0.05) is 64.8 Å². The number of hydrogen-bond acceptors (Lipinski definition) is 9. The van der Waals surface area contributed by atoms with Gasteiger partial charge in [0.1, 0.15) is 11.8 Å². The van der Waals surface area contributed by atoms with E-state index in [1.807, 2.05) is 60.8 Å². The van der Waals surface area contributed by atoms with Crippen LogP contribution in [-0.2, 0) is 4.74 Å². The number of halogens is 2. The zero-order valence-electron chi connectivity index (χ0n) is 24.1. The normalized spacial score (nSPS) is 19.5. The Labute approximate surface area is 270 Å². The molecule has 0 saturated carbocycles. The molecule has 5 aromatic rings. The Morgan fingerprint density at radius 3 is 2.62 bits per heavy atom. The van der Waals surface area contributed by atoms with Gasteiger partial charge in [-0.3, -0.25) is 9.88 Å². The van der Waals surface area contributed by atoms with Crippen molar-refractivity contribution in [3.05, 3.63) is 106 Å². The highest BCUT2D eigenvalue weighted by molar-refractivity contribution is 6.36. The molecule has 12 heteroatoms. The van der Waals surface area contributed by atoms with Gasteiger partial charge in [0.25, 0.3) is 0 Å². The molecular formula is C33H30Cl2N8O2. The first-order chi connectivity index (χ1) is 22.0. The molecule has 2 fully saturated rings. The maximum absolute atomic E-state index is 11.0. The third kappa shape index (κ3) is 6.06. The number of aliphatic hydroxyl groups is 1. The lowest BCUT2D eigenvalue weighted by molar-refractivity contribution is -0.0947. The molecule has 10 nitrogen and oxygen atoms in total.